The van der Waals surface area contributed by atoms with Gasteiger partial charge in [-0.15, -0.1) is 11.3 Å². The number of carbonyl (C=O) groups excluding carboxylic acids is 1. The first kappa shape index (κ1) is 27.3. The molecule has 0 aliphatic carbocycles. The fraction of sp³-hybridized carbons (Fsp3) is 0.357. The predicted octanol–water partition coefficient (Wildman–Crippen LogP) is 7.83. The second-order valence-corrected chi connectivity index (χ2v) is 12.0. The number of amides is 1. The lowest BCUT2D eigenvalue weighted by Gasteiger charge is -2.41. The van der Waals surface area contributed by atoms with Crippen molar-refractivity contribution in [3.63, 3.8) is 0 Å². The molecule has 4 rings (SSSR count). The van der Waals surface area contributed by atoms with Crippen LogP contribution in [0.5, 0.6) is 0 Å². The van der Waals surface area contributed by atoms with Gasteiger partial charge >= 0.3 is 12.1 Å². The zero-order valence-electron chi connectivity index (χ0n) is 21.0. The van der Waals surface area contributed by atoms with Crippen LogP contribution in [0.1, 0.15) is 48.8 Å². The van der Waals surface area contributed by atoms with E-state index in [2.05, 4.69) is 4.90 Å². The first-order valence-electron chi connectivity index (χ1n) is 12.1. The second-order valence-electron chi connectivity index (χ2n) is 10.1. The van der Waals surface area contributed by atoms with E-state index in [1.165, 1.54) is 11.3 Å². The summed E-state index contributed by atoms with van der Waals surface area (Å²) >= 11 is 13.9. The summed E-state index contributed by atoms with van der Waals surface area (Å²) in [6.45, 7) is 6.90. The van der Waals surface area contributed by atoms with E-state index in [0.29, 0.717) is 35.4 Å². The lowest BCUT2D eigenvalue weighted by atomic mass is 10.0. The molecule has 196 valence electrons. The summed E-state index contributed by atoms with van der Waals surface area (Å²) in [5.41, 5.74) is 1.78. The first-order valence-corrected chi connectivity index (χ1v) is 13.7. The van der Waals surface area contributed by atoms with E-state index in [-0.39, 0.29) is 17.0 Å². The maximum absolute atomic E-state index is 12.9. The van der Waals surface area contributed by atoms with Gasteiger partial charge in [-0.3, -0.25) is 0 Å². The van der Waals surface area contributed by atoms with Crippen LogP contribution in [-0.2, 0) is 11.3 Å². The van der Waals surface area contributed by atoms with Crippen LogP contribution in [0.25, 0.3) is 10.4 Å². The highest BCUT2D eigenvalue weighted by molar-refractivity contribution is 7.18. The minimum Gasteiger partial charge on any atom is -0.477 e. The van der Waals surface area contributed by atoms with E-state index in [1.54, 1.807) is 17.0 Å². The van der Waals surface area contributed by atoms with Crippen molar-refractivity contribution in [3.8, 4) is 10.4 Å². The quantitative estimate of drug-likeness (QED) is 0.332. The van der Waals surface area contributed by atoms with Gasteiger partial charge in [-0.25, -0.2) is 9.59 Å². The molecule has 2 heterocycles. The Bertz CT molecular complexity index is 1270. The summed E-state index contributed by atoms with van der Waals surface area (Å²) in [4.78, 5) is 30.2. The number of carboxylic acids is 1. The lowest BCUT2D eigenvalue weighted by Crippen LogP contribution is -2.51. The second kappa shape index (κ2) is 11.3. The number of hydrogen-bond donors (Lipinski definition) is 1. The highest BCUT2D eigenvalue weighted by atomic mass is 35.5. The normalized spacial score (nSPS) is 15.9. The molecule has 2 aromatic carbocycles. The van der Waals surface area contributed by atoms with Gasteiger partial charge in [0.25, 0.3) is 0 Å². The molecule has 1 aliphatic rings. The molecule has 1 amide bonds. The third-order valence-corrected chi connectivity index (χ3v) is 7.87. The summed E-state index contributed by atoms with van der Waals surface area (Å²) in [6.07, 6.45) is 1.20. The molecule has 1 saturated heterocycles. The van der Waals surface area contributed by atoms with E-state index in [4.69, 9.17) is 27.9 Å². The Hall–Kier alpha value is -2.74. The highest BCUT2D eigenvalue weighted by Gasteiger charge is 2.33. The number of rotatable bonds is 6. The molecule has 1 fully saturated rings. The minimum absolute atomic E-state index is 0.135. The molecule has 37 heavy (non-hydrogen) atoms. The van der Waals surface area contributed by atoms with Crippen molar-refractivity contribution < 1.29 is 19.4 Å². The summed E-state index contributed by atoms with van der Waals surface area (Å²) in [7, 11) is 0. The fourth-order valence-electron chi connectivity index (χ4n) is 4.44. The first-order chi connectivity index (χ1) is 17.5. The van der Waals surface area contributed by atoms with Crippen LogP contribution in [0.4, 0.5) is 10.5 Å². The summed E-state index contributed by atoms with van der Waals surface area (Å²) < 4.78 is 5.63. The molecular weight excluding hydrogens is 531 g/mol. The molecule has 0 radical (unpaired) electrons. The number of anilines is 1. The van der Waals surface area contributed by atoms with Crippen molar-refractivity contribution in [2.45, 2.75) is 51.8 Å². The topological polar surface area (TPSA) is 70.1 Å². The van der Waals surface area contributed by atoms with Gasteiger partial charge in [-0.1, -0.05) is 59.6 Å². The third kappa shape index (κ3) is 6.78. The van der Waals surface area contributed by atoms with Gasteiger partial charge in [-0.2, -0.15) is 0 Å². The van der Waals surface area contributed by atoms with E-state index in [9.17, 15) is 14.7 Å². The van der Waals surface area contributed by atoms with Gasteiger partial charge in [0.05, 0.1) is 5.69 Å². The maximum atomic E-state index is 12.9. The van der Waals surface area contributed by atoms with Crippen LogP contribution >= 0.6 is 34.5 Å². The third-order valence-electron chi connectivity index (χ3n) is 6.12. The Kier molecular flexibility index (Phi) is 8.36. The zero-order chi connectivity index (χ0) is 26.7. The summed E-state index contributed by atoms with van der Waals surface area (Å²) in [5, 5.41) is 11.2. The van der Waals surface area contributed by atoms with E-state index in [0.717, 1.165) is 28.8 Å². The molecule has 0 saturated carbocycles. The molecule has 1 N–H and O–H groups in total. The SMILES string of the molecule is CC(C)(C)OC(=O)N1CCCC(N(Cc2ccc(Cl)cc2Cl)c2cc(-c3ccccc3)sc2C(=O)O)C1. The van der Waals surface area contributed by atoms with Gasteiger partial charge < -0.3 is 19.6 Å². The van der Waals surface area contributed by atoms with Gasteiger partial charge in [-0.05, 0) is 62.9 Å². The van der Waals surface area contributed by atoms with Crippen molar-refractivity contribution in [2.75, 3.05) is 18.0 Å². The molecule has 3 aromatic rings. The smallest absolute Gasteiger partial charge is 0.410 e. The van der Waals surface area contributed by atoms with Gasteiger partial charge in [0.1, 0.15) is 10.5 Å². The van der Waals surface area contributed by atoms with E-state index < -0.39 is 11.6 Å². The maximum Gasteiger partial charge on any atom is 0.410 e. The van der Waals surface area contributed by atoms with E-state index >= 15 is 0 Å². The number of benzene rings is 2. The standard InChI is InChI=1S/C28H30Cl2N2O4S/c1-28(2,3)36-27(35)31-13-7-10-21(17-31)32(16-19-11-12-20(29)14-22(19)30)23-15-24(37-25(23)26(33)34)18-8-5-4-6-9-18/h4-6,8-9,11-12,14-15,21H,7,10,13,16-17H2,1-3H3,(H,33,34). The van der Waals surface area contributed by atoms with E-state index in [1.807, 2.05) is 63.2 Å². The molecule has 9 heteroatoms. The van der Waals surface area contributed by atoms with Crippen LogP contribution < -0.4 is 4.90 Å². The fourth-order valence-corrected chi connectivity index (χ4v) is 5.92. The Morgan fingerprint density at radius 1 is 1.14 bits per heavy atom. The number of aromatic carboxylic acids is 1. The Balaban J connectivity index is 1.74. The van der Waals surface area contributed by atoms with Crippen LogP contribution in [0.3, 0.4) is 0 Å². The van der Waals surface area contributed by atoms with Crippen LogP contribution in [-0.4, -0.2) is 46.8 Å². The van der Waals surface area contributed by atoms with Crippen molar-refractivity contribution in [1.82, 2.24) is 4.90 Å². The molecule has 1 aromatic heterocycles. The number of carbonyl (C=O) groups is 2. The van der Waals surface area contributed by atoms with Crippen molar-refractivity contribution in [3.05, 3.63) is 75.1 Å². The minimum atomic E-state index is -0.991. The van der Waals surface area contributed by atoms with Crippen LogP contribution in [0.2, 0.25) is 10.0 Å². The highest BCUT2D eigenvalue weighted by Crippen LogP contribution is 2.40. The molecule has 1 atom stereocenters. The van der Waals surface area contributed by atoms with Crippen LogP contribution in [0.15, 0.2) is 54.6 Å². The Morgan fingerprint density at radius 2 is 1.86 bits per heavy atom. The number of ether oxygens (including phenoxy) is 1. The monoisotopic (exact) mass is 560 g/mol. The largest absolute Gasteiger partial charge is 0.477 e. The number of likely N-dealkylation sites (tertiary alicyclic amines) is 1. The van der Waals surface area contributed by atoms with Gasteiger partial charge in [0, 0.05) is 40.6 Å². The molecular formula is C28H30Cl2N2O4S. The molecule has 0 spiro atoms. The van der Waals surface area contributed by atoms with Gasteiger partial charge in [0.15, 0.2) is 0 Å². The van der Waals surface area contributed by atoms with Crippen molar-refractivity contribution >= 4 is 52.3 Å². The number of piperidine rings is 1. The lowest BCUT2D eigenvalue weighted by molar-refractivity contribution is 0.0197. The number of halogens is 2. The Morgan fingerprint density at radius 3 is 2.51 bits per heavy atom. The average molecular weight is 562 g/mol. The number of thiophene rings is 1. The molecule has 1 aliphatic heterocycles. The molecule has 1 unspecified atom stereocenters. The summed E-state index contributed by atoms with van der Waals surface area (Å²) in [5.74, 6) is -0.991. The zero-order valence-corrected chi connectivity index (χ0v) is 23.4. The molecule has 0 bridgehead atoms. The number of hydrogen-bond acceptors (Lipinski definition) is 5. The predicted molar refractivity (Wildman–Crippen MR) is 150 cm³/mol. The Labute approximate surface area is 231 Å². The van der Waals surface area contributed by atoms with Gasteiger partial charge in [0.2, 0.25) is 0 Å². The average Bonchev–Trinajstić information content (AvgIpc) is 3.29. The number of carboxylic acid groups (broad SMARTS) is 1. The summed E-state index contributed by atoms with van der Waals surface area (Å²) in [6, 6.07) is 16.8. The number of nitrogens with zero attached hydrogens (tertiary/aromatic N) is 2. The molecule has 6 nitrogen and oxygen atoms in total. The van der Waals surface area contributed by atoms with Crippen molar-refractivity contribution in [1.29, 1.82) is 0 Å². The van der Waals surface area contributed by atoms with Crippen molar-refractivity contribution in [2.24, 2.45) is 0 Å². The van der Waals surface area contributed by atoms with Crippen LogP contribution in [0, 0.1) is 0 Å².